The van der Waals surface area contributed by atoms with Crippen LogP contribution in [0, 0.1) is 0 Å². The second-order valence-corrected chi connectivity index (χ2v) is 5.00. The first kappa shape index (κ1) is 16.1. The second kappa shape index (κ2) is 8.90. The third-order valence-corrected chi connectivity index (χ3v) is 3.33. The zero-order valence-corrected chi connectivity index (χ0v) is 12.9. The van der Waals surface area contributed by atoms with E-state index in [0.717, 1.165) is 25.0 Å². The minimum atomic E-state index is 0.150. The Hall–Kier alpha value is -2.26. The fourth-order valence-corrected chi connectivity index (χ4v) is 2.16. The monoisotopic (exact) mass is 298 g/mol. The first-order chi connectivity index (χ1) is 10.8. The van der Waals surface area contributed by atoms with Gasteiger partial charge in [0.25, 0.3) is 0 Å². The minimum absolute atomic E-state index is 0.150. The number of phenols is 1. The van der Waals surface area contributed by atoms with E-state index in [4.69, 9.17) is 9.47 Å². The number of phenolic OH excluding ortho intramolecular Hbond substituents is 1. The highest BCUT2D eigenvalue weighted by Gasteiger charge is 2.00. The zero-order valence-electron chi connectivity index (χ0n) is 12.9. The molecule has 3 heteroatoms. The first-order valence-electron chi connectivity index (χ1n) is 7.45. The van der Waals surface area contributed by atoms with Crippen molar-refractivity contribution in [2.75, 3.05) is 20.3 Å². The SMILES string of the molecule is COc1cc(/C=C/COCCCc2ccccc2)ccc1O. The summed E-state index contributed by atoms with van der Waals surface area (Å²) < 4.78 is 10.7. The molecular formula is C19H22O3. The molecule has 116 valence electrons. The molecule has 1 N–H and O–H groups in total. The van der Waals surface area contributed by atoms with Crippen LogP contribution in [0.5, 0.6) is 11.5 Å². The molecule has 0 aliphatic carbocycles. The predicted molar refractivity (Wildman–Crippen MR) is 89.3 cm³/mol. The summed E-state index contributed by atoms with van der Waals surface area (Å²) in [5, 5.41) is 9.52. The summed E-state index contributed by atoms with van der Waals surface area (Å²) in [4.78, 5) is 0. The average Bonchev–Trinajstić information content (AvgIpc) is 2.56. The first-order valence-corrected chi connectivity index (χ1v) is 7.45. The van der Waals surface area contributed by atoms with Gasteiger partial charge in [0.05, 0.1) is 13.7 Å². The molecule has 3 nitrogen and oxygen atoms in total. The number of aromatic hydroxyl groups is 1. The number of benzene rings is 2. The molecule has 0 saturated heterocycles. The molecule has 0 spiro atoms. The molecule has 0 unspecified atom stereocenters. The number of ether oxygens (including phenoxy) is 2. The van der Waals surface area contributed by atoms with Gasteiger partial charge in [-0.1, -0.05) is 48.6 Å². The number of hydrogen-bond donors (Lipinski definition) is 1. The molecule has 0 heterocycles. The standard InChI is InChI=1S/C19H22O3/c1-21-19-15-17(11-12-18(19)20)10-6-14-22-13-5-9-16-7-3-2-4-8-16/h2-4,6-8,10-12,15,20H,5,9,13-14H2,1H3/b10-6+. The Morgan fingerprint density at radius 3 is 2.68 bits per heavy atom. The van der Waals surface area contributed by atoms with Gasteiger partial charge in [-0.15, -0.1) is 0 Å². The second-order valence-electron chi connectivity index (χ2n) is 5.00. The van der Waals surface area contributed by atoms with Crippen LogP contribution in [0.25, 0.3) is 6.08 Å². The Morgan fingerprint density at radius 1 is 1.09 bits per heavy atom. The molecule has 2 aromatic carbocycles. The van der Waals surface area contributed by atoms with Gasteiger partial charge >= 0.3 is 0 Å². The van der Waals surface area contributed by atoms with Crippen molar-refractivity contribution in [1.82, 2.24) is 0 Å². The lowest BCUT2D eigenvalue weighted by Crippen LogP contribution is -1.96. The van der Waals surface area contributed by atoms with Gasteiger partial charge in [0.2, 0.25) is 0 Å². The van der Waals surface area contributed by atoms with Gasteiger partial charge < -0.3 is 14.6 Å². The van der Waals surface area contributed by atoms with Crippen molar-refractivity contribution in [2.45, 2.75) is 12.8 Å². The van der Waals surface area contributed by atoms with E-state index in [0.29, 0.717) is 12.4 Å². The maximum absolute atomic E-state index is 9.52. The van der Waals surface area contributed by atoms with Crippen LogP contribution in [0.1, 0.15) is 17.5 Å². The third-order valence-electron chi connectivity index (χ3n) is 3.33. The van der Waals surface area contributed by atoms with Crippen molar-refractivity contribution < 1.29 is 14.6 Å². The summed E-state index contributed by atoms with van der Waals surface area (Å²) in [6.07, 6.45) is 5.98. The largest absolute Gasteiger partial charge is 0.504 e. The Kier molecular flexibility index (Phi) is 6.52. The van der Waals surface area contributed by atoms with E-state index < -0.39 is 0 Å². The van der Waals surface area contributed by atoms with Gasteiger partial charge in [0.15, 0.2) is 11.5 Å². The van der Waals surface area contributed by atoms with Crippen LogP contribution in [0.3, 0.4) is 0 Å². The Labute approximate surface area is 131 Å². The summed E-state index contributed by atoms with van der Waals surface area (Å²) in [6.45, 7) is 1.33. The fourth-order valence-electron chi connectivity index (χ4n) is 2.16. The van der Waals surface area contributed by atoms with E-state index in [1.165, 1.54) is 5.56 Å². The molecule has 2 aromatic rings. The lowest BCUT2D eigenvalue weighted by molar-refractivity contribution is 0.160. The van der Waals surface area contributed by atoms with Crippen LogP contribution >= 0.6 is 0 Å². The van der Waals surface area contributed by atoms with Crippen LogP contribution in [-0.2, 0) is 11.2 Å². The maximum atomic E-state index is 9.52. The highest BCUT2D eigenvalue weighted by Crippen LogP contribution is 2.26. The molecule has 2 rings (SSSR count). The lowest BCUT2D eigenvalue weighted by atomic mass is 10.1. The highest BCUT2D eigenvalue weighted by atomic mass is 16.5. The van der Waals surface area contributed by atoms with Crippen molar-refractivity contribution in [3.63, 3.8) is 0 Å². The van der Waals surface area contributed by atoms with Crippen LogP contribution in [0.2, 0.25) is 0 Å². The van der Waals surface area contributed by atoms with Gasteiger partial charge in [-0.25, -0.2) is 0 Å². The fraction of sp³-hybridized carbons (Fsp3) is 0.263. The van der Waals surface area contributed by atoms with Crippen molar-refractivity contribution in [3.05, 3.63) is 65.7 Å². The molecule has 0 aromatic heterocycles. The number of aryl methyl sites for hydroxylation is 1. The molecule has 0 fully saturated rings. The summed E-state index contributed by atoms with van der Waals surface area (Å²) in [5.41, 5.74) is 2.32. The quantitative estimate of drug-likeness (QED) is 0.747. The maximum Gasteiger partial charge on any atom is 0.161 e. The topological polar surface area (TPSA) is 38.7 Å². The van der Waals surface area contributed by atoms with Gasteiger partial charge in [0.1, 0.15) is 0 Å². The molecule has 0 atom stereocenters. The van der Waals surface area contributed by atoms with Crippen LogP contribution in [0.15, 0.2) is 54.6 Å². The Balaban J connectivity index is 1.66. The van der Waals surface area contributed by atoms with Crippen molar-refractivity contribution in [3.8, 4) is 11.5 Å². The molecule has 0 amide bonds. The van der Waals surface area contributed by atoms with E-state index in [1.54, 1.807) is 19.2 Å². The van der Waals surface area contributed by atoms with Crippen LogP contribution in [0.4, 0.5) is 0 Å². The smallest absolute Gasteiger partial charge is 0.161 e. The number of rotatable bonds is 8. The summed E-state index contributed by atoms with van der Waals surface area (Å²) in [6, 6.07) is 15.7. The zero-order chi connectivity index (χ0) is 15.6. The van der Waals surface area contributed by atoms with Crippen LogP contribution < -0.4 is 4.74 Å². The molecule has 0 aliphatic heterocycles. The number of methoxy groups -OCH3 is 1. The molecule has 0 saturated carbocycles. The lowest BCUT2D eigenvalue weighted by Gasteiger charge is -2.04. The predicted octanol–water partition coefficient (Wildman–Crippen LogP) is 4.06. The molecular weight excluding hydrogens is 276 g/mol. The van der Waals surface area contributed by atoms with Crippen molar-refractivity contribution in [2.24, 2.45) is 0 Å². The molecule has 0 radical (unpaired) electrons. The normalized spacial score (nSPS) is 11.0. The third kappa shape index (κ3) is 5.26. The van der Waals surface area contributed by atoms with Gasteiger partial charge in [0, 0.05) is 6.61 Å². The average molecular weight is 298 g/mol. The molecule has 22 heavy (non-hydrogen) atoms. The van der Waals surface area contributed by atoms with Crippen LogP contribution in [-0.4, -0.2) is 25.4 Å². The van der Waals surface area contributed by atoms with E-state index in [-0.39, 0.29) is 5.75 Å². The van der Waals surface area contributed by atoms with E-state index in [1.807, 2.05) is 24.3 Å². The summed E-state index contributed by atoms with van der Waals surface area (Å²) >= 11 is 0. The van der Waals surface area contributed by atoms with Gasteiger partial charge in [-0.05, 0) is 36.1 Å². The van der Waals surface area contributed by atoms with Gasteiger partial charge in [-0.3, -0.25) is 0 Å². The molecule has 0 aliphatic rings. The minimum Gasteiger partial charge on any atom is -0.504 e. The molecule has 0 bridgehead atoms. The highest BCUT2D eigenvalue weighted by molar-refractivity contribution is 5.55. The van der Waals surface area contributed by atoms with E-state index in [9.17, 15) is 5.11 Å². The summed E-state index contributed by atoms with van der Waals surface area (Å²) in [5.74, 6) is 0.628. The summed E-state index contributed by atoms with van der Waals surface area (Å²) in [7, 11) is 1.54. The number of hydrogen-bond acceptors (Lipinski definition) is 3. The Bertz CT molecular complexity index is 591. The van der Waals surface area contributed by atoms with E-state index in [2.05, 4.69) is 24.3 Å². The van der Waals surface area contributed by atoms with E-state index >= 15 is 0 Å². The van der Waals surface area contributed by atoms with Crippen molar-refractivity contribution in [1.29, 1.82) is 0 Å². The van der Waals surface area contributed by atoms with Crippen molar-refractivity contribution >= 4 is 6.08 Å². The Morgan fingerprint density at radius 2 is 1.91 bits per heavy atom. The van der Waals surface area contributed by atoms with Gasteiger partial charge in [-0.2, -0.15) is 0 Å².